The molecule has 0 fully saturated rings. The van der Waals surface area contributed by atoms with E-state index in [-0.39, 0.29) is 5.69 Å². The summed E-state index contributed by atoms with van der Waals surface area (Å²) in [5.41, 5.74) is 1.87. The highest BCUT2D eigenvalue weighted by Crippen LogP contribution is 2.30. The lowest BCUT2D eigenvalue weighted by Gasteiger charge is -1.96. The summed E-state index contributed by atoms with van der Waals surface area (Å²) in [6, 6.07) is 22.5. The van der Waals surface area contributed by atoms with Gasteiger partial charge < -0.3 is 4.42 Å². The molecule has 0 saturated heterocycles. The van der Waals surface area contributed by atoms with E-state index in [2.05, 4.69) is 24.3 Å². The summed E-state index contributed by atoms with van der Waals surface area (Å²) in [6.45, 7) is 0. The number of nitrogens with zero attached hydrogens (tertiary/aromatic N) is 2. The van der Waals surface area contributed by atoms with Crippen LogP contribution in [0.5, 0.6) is 0 Å². The zero-order chi connectivity index (χ0) is 19.8. The summed E-state index contributed by atoms with van der Waals surface area (Å²) in [7, 11) is 0. The van der Waals surface area contributed by atoms with Crippen LogP contribution in [-0.2, 0) is 0 Å². The number of aromatic nitrogens is 1. The van der Waals surface area contributed by atoms with Crippen molar-refractivity contribution in [2.75, 3.05) is 0 Å². The minimum absolute atomic E-state index is 0.0591. The van der Waals surface area contributed by atoms with Gasteiger partial charge in [-0.2, -0.15) is 0 Å². The number of fused-ring (bicyclic) bond motifs is 3. The van der Waals surface area contributed by atoms with E-state index < -0.39 is 4.92 Å². The lowest BCUT2D eigenvalue weighted by atomic mass is 10.1. The first-order valence-electron chi connectivity index (χ1n) is 8.98. The third-order valence-corrected chi connectivity index (χ3v) is 5.67. The van der Waals surface area contributed by atoms with Gasteiger partial charge in [0, 0.05) is 23.1 Å². The van der Waals surface area contributed by atoms with Gasteiger partial charge in [-0.15, -0.1) is 11.3 Å². The quantitative estimate of drug-likeness (QED) is 0.247. The van der Waals surface area contributed by atoms with Gasteiger partial charge in [-0.3, -0.25) is 10.1 Å². The van der Waals surface area contributed by atoms with Crippen LogP contribution in [0.4, 0.5) is 5.69 Å². The molecular weight excluding hydrogens is 384 g/mol. The summed E-state index contributed by atoms with van der Waals surface area (Å²) >= 11 is 1.64. The van der Waals surface area contributed by atoms with Crippen LogP contribution in [0.25, 0.3) is 44.5 Å². The molecule has 0 N–H and O–H groups in total. The second-order valence-corrected chi connectivity index (χ2v) is 7.59. The third kappa shape index (κ3) is 3.30. The average molecular weight is 398 g/mol. The maximum atomic E-state index is 10.8. The summed E-state index contributed by atoms with van der Waals surface area (Å²) < 4.78 is 7.00. The van der Waals surface area contributed by atoms with E-state index in [1.54, 1.807) is 23.5 Å². The Balaban J connectivity index is 1.42. The van der Waals surface area contributed by atoms with E-state index in [0.717, 1.165) is 26.2 Å². The molecule has 6 heteroatoms. The Bertz CT molecular complexity index is 1380. The summed E-state index contributed by atoms with van der Waals surface area (Å²) in [5.74, 6) is 1.36. The number of furan rings is 1. The standard InChI is InChI=1S/C23H14N2O3S/c26-25(27)17-8-5-16(6-9-17)20-12-10-18(28-20)11-14-22-24-23-19-4-2-1-3-15(19)7-13-21(23)29-22/h1-14H/b14-11+. The fourth-order valence-electron chi connectivity index (χ4n) is 3.25. The van der Waals surface area contributed by atoms with Crippen LogP contribution in [0.15, 0.2) is 77.2 Å². The van der Waals surface area contributed by atoms with Crippen LogP contribution in [0, 0.1) is 10.1 Å². The predicted molar refractivity (Wildman–Crippen MR) is 117 cm³/mol. The van der Waals surface area contributed by atoms with Gasteiger partial charge in [-0.1, -0.05) is 30.3 Å². The molecule has 140 valence electrons. The molecular formula is C23H14N2O3S. The number of nitro groups is 1. The van der Waals surface area contributed by atoms with Crippen LogP contribution in [0.1, 0.15) is 10.8 Å². The molecule has 5 nitrogen and oxygen atoms in total. The molecule has 2 aromatic heterocycles. The van der Waals surface area contributed by atoms with Gasteiger partial charge in [0.15, 0.2) is 0 Å². The van der Waals surface area contributed by atoms with Crippen LogP contribution >= 0.6 is 11.3 Å². The number of nitro benzene ring substituents is 1. The lowest BCUT2D eigenvalue weighted by Crippen LogP contribution is -1.86. The van der Waals surface area contributed by atoms with Crippen molar-refractivity contribution in [3.05, 3.63) is 93.7 Å². The molecule has 0 spiro atoms. The first kappa shape index (κ1) is 17.3. The van der Waals surface area contributed by atoms with E-state index >= 15 is 0 Å². The maximum Gasteiger partial charge on any atom is 0.269 e. The summed E-state index contributed by atoms with van der Waals surface area (Å²) in [5, 5.41) is 14.0. The average Bonchev–Trinajstić information content (AvgIpc) is 3.39. The van der Waals surface area contributed by atoms with Gasteiger partial charge in [0.1, 0.15) is 16.5 Å². The number of non-ortho nitro benzene ring substituents is 1. The molecule has 0 aliphatic rings. The van der Waals surface area contributed by atoms with Crippen molar-refractivity contribution >= 4 is 50.2 Å². The van der Waals surface area contributed by atoms with Gasteiger partial charge in [0.2, 0.25) is 0 Å². The molecule has 0 aliphatic carbocycles. The van der Waals surface area contributed by atoms with E-state index in [1.807, 2.05) is 36.4 Å². The lowest BCUT2D eigenvalue weighted by molar-refractivity contribution is -0.384. The number of hydrogen-bond donors (Lipinski definition) is 0. The van der Waals surface area contributed by atoms with Crippen LogP contribution < -0.4 is 0 Å². The van der Waals surface area contributed by atoms with E-state index in [9.17, 15) is 10.1 Å². The smallest absolute Gasteiger partial charge is 0.269 e. The summed E-state index contributed by atoms with van der Waals surface area (Å²) in [6.07, 6.45) is 3.83. The molecule has 0 radical (unpaired) electrons. The number of thiazole rings is 1. The minimum atomic E-state index is -0.415. The van der Waals surface area contributed by atoms with Crippen molar-refractivity contribution in [3.63, 3.8) is 0 Å². The Morgan fingerprint density at radius 2 is 1.76 bits per heavy atom. The Hall–Kier alpha value is -3.77. The fraction of sp³-hybridized carbons (Fsp3) is 0. The van der Waals surface area contributed by atoms with Gasteiger partial charge in [0.25, 0.3) is 5.69 Å². The fourth-order valence-corrected chi connectivity index (χ4v) is 4.13. The molecule has 29 heavy (non-hydrogen) atoms. The van der Waals surface area contributed by atoms with Crippen molar-refractivity contribution in [1.29, 1.82) is 0 Å². The number of hydrogen-bond acceptors (Lipinski definition) is 5. The summed E-state index contributed by atoms with van der Waals surface area (Å²) in [4.78, 5) is 15.1. The SMILES string of the molecule is O=[N+]([O-])c1ccc(-c2ccc(/C=C/c3nc4c(ccc5ccccc54)s3)o2)cc1. The van der Waals surface area contributed by atoms with Gasteiger partial charge in [0.05, 0.1) is 15.1 Å². The highest BCUT2D eigenvalue weighted by molar-refractivity contribution is 7.19. The monoisotopic (exact) mass is 398 g/mol. The van der Waals surface area contributed by atoms with Gasteiger partial charge in [-0.05, 0) is 47.9 Å². The Morgan fingerprint density at radius 3 is 2.59 bits per heavy atom. The first-order chi connectivity index (χ1) is 14.2. The number of benzene rings is 3. The Morgan fingerprint density at radius 1 is 0.931 bits per heavy atom. The van der Waals surface area contributed by atoms with Crippen LogP contribution in [0.2, 0.25) is 0 Å². The van der Waals surface area contributed by atoms with Crippen molar-refractivity contribution < 1.29 is 9.34 Å². The molecule has 2 heterocycles. The molecule has 0 bridgehead atoms. The molecule has 0 unspecified atom stereocenters. The zero-order valence-corrected chi connectivity index (χ0v) is 15.9. The largest absolute Gasteiger partial charge is 0.457 e. The molecule has 5 rings (SSSR count). The topological polar surface area (TPSA) is 69.2 Å². The molecule has 0 aliphatic heterocycles. The van der Waals surface area contributed by atoms with Gasteiger partial charge in [-0.25, -0.2) is 4.98 Å². The highest BCUT2D eigenvalue weighted by Gasteiger charge is 2.09. The van der Waals surface area contributed by atoms with E-state index in [4.69, 9.17) is 9.40 Å². The molecule has 0 saturated carbocycles. The second-order valence-electron chi connectivity index (χ2n) is 6.52. The number of rotatable bonds is 4. The molecule has 3 aromatic carbocycles. The second kappa shape index (κ2) is 7.00. The van der Waals surface area contributed by atoms with Crippen molar-refractivity contribution in [2.45, 2.75) is 0 Å². The van der Waals surface area contributed by atoms with Gasteiger partial charge >= 0.3 is 0 Å². The molecule has 0 amide bonds. The van der Waals surface area contributed by atoms with E-state index in [1.165, 1.54) is 17.5 Å². The first-order valence-corrected chi connectivity index (χ1v) is 9.80. The maximum absolute atomic E-state index is 10.8. The van der Waals surface area contributed by atoms with Crippen LogP contribution in [-0.4, -0.2) is 9.91 Å². The molecule has 5 aromatic rings. The van der Waals surface area contributed by atoms with Crippen molar-refractivity contribution in [1.82, 2.24) is 4.98 Å². The van der Waals surface area contributed by atoms with Crippen molar-refractivity contribution in [2.24, 2.45) is 0 Å². The Labute approximate surface area is 169 Å². The van der Waals surface area contributed by atoms with Crippen molar-refractivity contribution in [3.8, 4) is 11.3 Å². The Kier molecular flexibility index (Phi) is 4.18. The zero-order valence-electron chi connectivity index (χ0n) is 15.1. The highest BCUT2D eigenvalue weighted by atomic mass is 32.1. The normalized spacial score (nSPS) is 11.6. The van der Waals surface area contributed by atoms with E-state index in [0.29, 0.717) is 11.5 Å². The third-order valence-electron chi connectivity index (χ3n) is 4.68. The van der Waals surface area contributed by atoms with Crippen LogP contribution in [0.3, 0.4) is 0 Å². The molecule has 0 atom stereocenters. The predicted octanol–water partition coefficient (Wildman–Crippen LogP) is 6.79. The minimum Gasteiger partial charge on any atom is -0.457 e.